The normalized spacial score (nSPS) is 14.2. The van der Waals surface area contributed by atoms with Gasteiger partial charge in [0.25, 0.3) is 0 Å². The molecule has 0 aliphatic carbocycles. The van der Waals surface area contributed by atoms with Gasteiger partial charge in [-0.15, -0.1) is 0 Å². The highest BCUT2D eigenvalue weighted by Gasteiger charge is 2.36. The molecule has 0 bridgehead atoms. The highest BCUT2D eigenvalue weighted by atomic mass is 16.6. The minimum absolute atomic E-state index is 0.175. The largest absolute Gasteiger partial charge is 0.497 e. The lowest BCUT2D eigenvalue weighted by Gasteiger charge is -2.18. The number of methoxy groups -OCH3 is 1. The van der Waals surface area contributed by atoms with E-state index < -0.39 is 5.54 Å². The van der Waals surface area contributed by atoms with Crippen LogP contribution in [0.2, 0.25) is 0 Å². The summed E-state index contributed by atoms with van der Waals surface area (Å²) < 4.78 is 7.25. The van der Waals surface area contributed by atoms with Crippen LogP contribution in [0.25, 0.3) is 10.9 Å². The summed E-state index contributed by atoms with van der Waals surface area (Å²) in [7, 11) is 3.57. The Morgan fingerprint density at radius 1 is 1.45 bits per heavy atom. The number of aromatic nitrogens is 1. The van der Waals surface area contributed by atoms with Crippen LogP contribution in [0.15, 0.2) is 24.4 Å². The lowest BCUT2D eigenvalue weighted by atomic mass is 9.91. The van der Waals surface area contributed by atoms with E-state index in [2.05, 4.69) is 0 Å². The van der Waals surface area contributed by atoms with Crippen molar-refractivity contribution in [3.05, 3.63) is 40.1 Å². The third kappa shape index (κ3) is 2.35. The maximum atomic E-state index is 11.3. The van der Waals surface area contributed by atoms with Crippen LogP contribution in [0.5, 0.6) is 5.75 Å². The highest BCUT2D eigenvalue weighted by molar-refractivity contribution is 5.85. The summed E-state index contributed by atoms with van der Waals surface area (Å²) in [5.74, 6) is 0.768. The summed E-state index contributed by atoms with van der Waals surface area (Å²) in [6, 6.07) is 5.83. The quantitative estimate of drug-likeness (QED) is 0.622. The van der Waals surface area contributed by atoms with E-state index in [1.54, 1.807) is 14.0 Å². The number of nitro groups is 1. The summed E-state index contributed by atoms with van der Waals surface area (Å²) in [6.07, 6.45) is 2.89. The molecule has 0 amide bonds. The van der Waals surface area contributed by atoms with Crippen LogP contribution in [-0.2, 0) is 13.5 Å². The van der Waals surface area contributed by atoms with Crippen LogP contribution in [0, 0.1) is 10.1 Å². The third-order valence-corrected chi connectivity index (χ3v) is 4.05. The molecule has 1 unspecified atom stereocenters. The Kier molecular flexibility index (Phi) is 3.70. The Hall–Kier alpha value is -2.04. The molecule has 0 aliphatic heterocycles. The second kappa shape index (κ2) is 5.15. The number of ether oxygens (including phenoxy) is 1. The van der Waals surface area contributed by atoms with E-state index in [0.717, 1.165) is 22.2 Å². The van der Waals surface area contributed by atoms with Crippen molar-refractivity contribution in [2.45, 2.75) is 32.2 Å². The zero-order valence-corrected chi connectivity index (χ0v) is 12.3. The van der Waals surface area contributed by atoms with Crippen molar-refractivity contribution in [2.75, 3.05) is 7.11 Å². The first kappa shape index (κ1) is 14.4. The van der Waals surface area contributed by atoms with Gasteiger partial charge >= 0.3 is 0 Å². The molecule has 0 saturated carbocycles. The number of hydrogen-bond donors (Lipinski definition) is 0. The molecule has 2 rings (SSSR count). The van der Waals surface area contributed by atoms with Gasteiger partial charge < -0.3 is 9.30 Å². The lowest BCUT2D eigenvalue weighted by Crippen LogP contribution is -2.36. The Morgan fingerprint density at radius 2 is 2.15 bits per heavy atom. The highest BCUT2D eigenvalue weighted by Crippen LogP contribution is 2.30. The van der Waals surface area contributed by atoms with Gasteiger partial charge in [-0.2, -0.15) is 0 Å². The summed E-state index contributed by atoms with van der Waals surface area (Å²) in [5, 5.41) is 12.3. The first-order chi connectivity index (χ1) is 9.41. The van der Waals surface area contributed by atoms with Crippen LogP contribution in [0.4, 0.5) is 0 Å². The van der Waals surface area contributed by atoms with Crippen molar-refractivity contribution in [1.82, 2.24) is 4.57 Å². The fourth-order valence-corrected chi connectivity index (χ4v) is 2.45. The second-order valence-corrected chi connectivity index (χ2v) is 5.43. The molecule has 20 heavy (non-hydrogen) atoms. The van der Waals surface area contributed by atoms with Gasteiger partial charge in [-0.1, -0.05) is 6.92 Å². The first-order valence-corrected chi connectivity index (χ1v) is 6.67. The molecule has 1 aromatic carbocycles. The van der Waals surface area contributed by atoms with Gasteiger partial charge in [-0.05, 0) is 23.8 Å². The standard InChI is InChI=1S/C15H20N2O3/c1-5-15(2,17(18)19)9-11-10-16(3)14-7-6-12(20-4)8-13(11)14/h6-8,10H,5,9H2,1-4H3. The van der Waals surface area contributed by atoms with E-state index in [-0.39, 0.29) is 4.92 Å². The van der Waals surface area contributed by atoms with E-state index in [0.29, 0.717) is 12.8 Å². The van der Waals surface area contributed by atoms with Crippen LogP contribution in [-0.4, -0.2) is 22.1 Å². The van der Waals surface area contributed by atoms with Crippen molar-refractivity contribution >= 4 is 10.9 Å². The Balaban J connectivity index is 2.51. The van der Waals surface area contributed by atoms with Gasteiger partial charge in [-0.3, -0.25) is 10.1 Å². The smallest absolute Gasteiger partial charge is 0.223 e. The molecule has 0 fully saturated rings. The zero-order chi connectivity index (χ0) is 14.9. The van der Waals surface area contributed by atoms with Crippen molar-refractivity contribution in [3.8, 4) is 5.75 Å². The summed E-state index contributed by atoms with van der Waals surface area (Å²) in [6.45, 7) is 3.56. The molecule has 5 heteroatoms. The Bertz CT molecular complexity index is 648. The fourth-order valence-electron chi connectivity index (χ4n) is 2.45. The van der Waals surface area contributed by atoms with Crippen LogP contribution < -0.4 is 4.74 Å². The van der Waals surface area contributed by atoms with Gasteiger partial charge in [0.2, 0.25) is 5.54 Å². The number of fused-ring (bicyclic) bond motifs is 1. The summed E-state index contributed by atoms with van der Waals surface area (Å²) in [4.78, 5) is 11.1. The molecule has 0 saturated heterocycles. The molecular weight excluding hydrogens is 256 g/mol. The maximum Gasteiger partial charge on any atom is 0.223 e. The van der Waals surface area contributed by atoms with Crippen LogP contribution in [0.3, 0.4) is 0 Å². The number of nitrogens with zero attached hydrogens (tertiary/aromatic N) is 2. The third-order valence-electron chi connectivity index (χ3n) is 4.05. The van der Waals surface area contributed by atoms with E-state index in [1.807, 2.05) is 42.9 Å². The van der Waals surface area contributed by atoms with E-state index in [9.17, 15) is 10.1 Å². The average molecular weight is 276 g/mol. The Morgan fingerprint density at radius 3 is 2.70 bits per heavy atom. The molecule has 2 aromatic rings. The van der Waals surface area contributed by atoms with E-state index >= 15 is 0 Å². The Labute approximate surface area is 118 Å². The summed E-state index contributed by atoms with van der Waals surface area (Å²) in [5.41, 5.74) is 1.11. The molecule has 0 radical (unpaired) electrons. The van der Waals surface area contributed by atoms with Gasteiger partial charge in [0.05, 0.1) is 7.11 Å². The van der Waals surface area contributed by atoms with Crippen LogP contribution in [0.1, 0.15) is 25.8 Å². The van der Waals surface area contributed by atoms with Gasteiger partial charge in [0, 0.05) is 48.8 Å². The molecule has 1 aromatic heterocycles. The van der Waals surface area contributed by atoms with Crippen molar-refractivity contribution in [3.63, 3.8) is 0 Å². The van der Waals surface area contributed by atoms with Crippen molar-refractivity contribution in [1.29, 1.82) is 0 Å². The molecule has 0 spiro atoms. The molecule has 0 N–H and O–H groups in total. The molecule has 1 atom stereocenters. The topological polar surface area (TPSA) is 57.3 Å². The summed E-state index contributed by atoms with van der Waals surface area (Å²) >= 11 is 0. The predicted molar refractivity (Wildman–Crippen MR) is 78.9 cm³/mol. The molecular formula is C15H20N2O3. The fraction of sp³-hybridized carbons (Fsp3) is 0.467. The maximum absolute atomic E-state index is 11.3. The van der Waals surface area contributed by atoms with Crippen molar-refractivity contribution in [2.24, 2.45) is 7.05 Å². The number of hydrogen-bond acceptors (Lipinski definition) is 3. The SMILES string of the molecule is CCC(C)(Cc1cn(C)c2ccc(OC)cc12)[N+](=O)[O-]. The van der Waals surface area contributed by atoms with Crippen molar-refractivity contribution < 1.29 is 9.66 Å². The van der Waals surface area contributed by atoms with E-state index in [4.69, 9.17) is 4.74 Å². The first-order valence-electron chi connectivity index (χ1n) is 6.67. The zero-order valence-electron chi connectivity index (χ0n) is 12.3. The van der Waals surface area contributed by atoms with Gasteiger partial charge in [-0.25, -0.2) is 0 Å². The molecule has 1 heterocycles. The molecule has 0 aliphatic rings. The number of benzene rings is 1. The minimum atomic E-state index is -0.933. The minimum Gasteiger partial charge on any atom is -0.497 e. The molecule has 108 valence electrons. The monoisotopic (exact) mass is 276 g/mol. The predicted octanol–water partition coefficient (Wildman–Crippen LogP) is 3.17. The average Bonchev–Trinajstić information content (AvgIpc) is 2.74. The number of rotatable bonds is 5. The lowest BCUT2D eigenvalue weighted by molar-refractivity contribution is -0.565. The molecule has 5 nitrogen and oxygen atoms in total. The van der Waals surface area contributed by atoms with Gasteiger partial charge in [0.1, 0.15) is 5.75 Å². The second-order valence-electron chi connectivity index (χ2n) is 5.43. The van der Waals surface area contributed by atoms with Crippen LogP contribution >= 0.6 is 0 Å². The van der Waals surface area contributed by atoms with Gasteiger partial charge in [0.15, 0.2) is 0 Å². The van der Waals surface area contributed by atoms with E-state index in [1.165, 1.54) is 0 Å². The number of aryl methyl sites for hydroxylation is 1.